The van der Waals surface area contributed by atoms with Gasteiger partial charge in [-0.05, 0) is 46.8 Å². The van der Waals surface area contributed by atoms with Crippen molar-refractivity contribution in [2.75, 3.05) is 6.67 Å². The molecule has 16 heteroatoms. The van der Waals surface area contributed by atoms with E-state index in [1.54, 1.807) is 37.0 Å². The number of ether oxygens (including phenoxy) is 2. The van der Waals surface area contributed by atoms with E-state index in [2.05, 4.69) is 5.09 Å². The van der Waals surface area contributed by atoms with Gasteiger partial charge in [-0.25, -0.2) is 13.8 Å². The molecule has 1 aromatic carbocycles. The van der Waals surface area contributed by atoms with Crippen LogP contribution in [0.2, 0.25) is 0 Å². The molecule has 1 aliphatic rings. The van der Waals surface area contributed by atoms with Gasteiger partial charge in [0.05, 0.1) is 12.3 Å². The van der Waals surface area contributed by atoms with Crippen molar-refractivity contribution in [1.29, 1.82) is 0 Å². The van der Waals surface area contributed by atoms with Crippen molar-refractivity contribution in [2.24, 2.45) is 0 Å². The molecule has 2 unspecified atom stereocenters. The van der Waals surface area contributed by atoms with Crippen molar-refractivity contribution in [1.82, 2.24) is 14.6 Å². The Hall–Kier alpha value is -2.94. The Morgan fingerprint density at radius 3 is 2.48 bits per heavy atom. The first-order chi connectivity index (χ1) is 18.5. The number of H-pyrrole nitrogens is 1. The number of aliphatic hydroxyl groups excluding tert-OH is 1. The predicted octanol–water partition coefficient (Wildman–Crippen LogP) is 1.55. The number of para-hydroxylation sites is 1. The molecule has 0 bridgehead atoms. The first-order valence-electron chi connectivity index (χ1n) is 12.2. The highest BCUT2D eigenvalue weighted by Gasteiger charge is 2.62. The third-order valence-electron chi connectivity index (χ3n) is 5.96. The predicted molar refractivity (Wildman–Crippen MR) is 136 cm³/mol. The van der Waals surface area contributed by atoms with Crippen LogP contribution in [0.1, 0.15) is 40.8 Å². The number of carbonyl (C=O) groups is 1. The summed E-state index contributed by atoms with van der Waals surface area (Å²) in [5.74, 6) is -2.15. The van der Waals surface area contributed by atoms with E-state index in [9.17, 15) is 37.9 Å². The summed E-state index contributed by atoms with van der Waals surface area (Å²) < 4.78 is 64.6. The summed E-state index contributed by atoms with van der Waals surface area (Å²) in [6.45, 7) is 5.43. The fourth-order valence-corrected chi connectivity index (χ4v) is 5.89. The summed E-state index contributed by atoms with van der Waals surface area (Å²) in [5, 5.41) is 24.4. The lowest BCUT2D eigenvalue weighted by Gasteiger charge is -2.36. The zero-order valence-corrected chi connectivity index (χ0v) is 23.3. The molecule has 6 atom stereocenters. The zero-order chi connectivity index (χ0) is 30.0. The van der Waals surface area contributed by atoms with Crippen molar-refractivity contribution >= 4 is 13.7 Å². The van der Waals surface area contributed by atoms with Gasteiger partial charge in [0.15, 0.2) is 11.8 Å². The lowest BCUT2D eigenvalue weighted by Crippen LogP contribution is -2.54. The largest absolute Gasteiger partial charge is 0.462 e. The maximum absolute atomic E-state index is 14.2. The second kappa shape index (κ2) is 11.9. The number of esters is 1. The summed E-state index contributed by atoms with van der Waals surface area (Å²) in [5.41, 5.74) is -7.35. The SMILES string of the molecule is CC(C)OC(=O)[C@H](C)NP(=O)(Oc1ccccc1)OC(C)(C)[C@H]1O[C@@H](n2cc(F)c(=O)[nH]c2=O)[C@@](O)(CF)C1O. The molecule has 0 radical (unpaired) electrons. The molecule has 40 heavy (non-hydrogen) atoms. The van der Waals surface area contributed by atoms with Crippen LogP contribution in [0.5, 0.6) is 5.75 Å². The second-order valence-corrected chi connectivity index (χ2v) is 11.7. The van der Waals surface area contributed by atoms with Gasteiger partial charge >= 0.3 is 19.4 Å². The Labute approximate surface area is 227 Å². The Morgan fingerprint density at radius 2 is 1.90 bits per heavy atom. The zero-order valence-electron chi connectivity index (χ0n) is 22.4. The van der Waals surface area contributed by atoms with Crippen LogP contribution < -0.4 is 20.9 Å². The standard InChI is InChI=1S/C24H32F2N3O10P/c1-13(2)36-20(32)14(3)28-40(35,38-15-9-7-6-8-10-15)39-23(4,5)18-17(30)24(34,12-25)21(37-18)29-11-16(26)19(31)27-22(29)33/h6-11,13-14,17-18,21,30,34H,12H2,1-5H3,(H,28,35)(H,27,31,33)/t14-,17?,18-,21+,24+,40?/m0/s1. The van der Waals surface area contributed by atoms with Gasteiger partial charge in [-0.2, -0.15) is 9.48 Å². The maximum atomic E-state index is 14.2. The minimum Gasteiger partial charge on any atom is -0.462 e. The Balaban J connectivity index is 1.98. The molecule has 0 amide bonds. The molecule has 222 valence electrons. The van der Waals surface area contributed by atoms with Gasteiger partial charge in [-0.15, -0.1) is 0 Å². The monoisotopic (exact) mass is 591 g/mol. The van der Waals surface area contributed by atoms with Crippen LogP contribution in [0.4, 0.5) is 8.78 Å². The van der Waals surface area contributed by atoms with Gasteiger partial charge in [0, 0.05) is 0 Å². The van der Waals surface area contributed by atoms with E-state index in [0.29, 0.717) is 10.8 Å². The molecule has 3 rings (SSSR count). The quantitative estimate of drug-likeness (QED) is 0.220. The molecule has 1 aromatic heterocycles. The average molecular weight is 592 g/mol. The molecule has 0 spiro atoms. The number of rotatable bonds is 11. The third kappa shape index (κ3) is 6.67. The fourth-order valence-electron chi connectivity index (χ4n) is 4.05. The van der Waals surface area contributed by atoms with Crippen LogP contribution in [0, 0.1) is 5.82 Å². The number of carbonyl (C=O) groups excluding carboxylic acids is 1. The molecule has 0 saturated carbocycles. The number of nitrogens with one attached hydrogen (secondary N) is 2. The van der Waals surface area contributed by atoms with Gasteiger partial charge in [-0.1, -0.05) is 18.2 Å². The Kier molecular flexibility index (Phi) is 9.39. The Morgan fingerprint density at radius 1 is 1.27 bits per heavy atom. The number of benzene rings is 1. The van der Waals surface area contributed by atoms with Gasteiger partial charge in [-0.3, -0.25) is 23.7 Å². The van der Waals surface area contributed by atoms with E-state index in [1.165, 1.54) is 32.9 Å². The fraction of sp³-hybridized carbons (Fsp3) is 0.542. The molecule has 0 aliphatic carbocycles. The van der Waals surface area contributed by atoms with Crippen LogP contribution in [-0.4, -0.2) is 68.0 Å². The molecule has 1 aliphatic heterocycles. The van der Waals surface area contributed by atoms with E-state index in [0.717, 1.165) is 0 Å². The lowest BCUT2D eigenvalue weighted by molar-refractivity contribution is -0.149. The van der Waals surface area contributed by atoms with Gasteiger partial charge in [0.2, 0.25) is 5.82 Å². The minimum atomic E-state index is -4.55. The number of hydrogen-bond donors (Lipinski definition) is 4. The molecule has 13 nitrogen and oxygen atoms in total. The maximum Gasteiger partial charge on any atom is 0.460 e. The van der Waals surface area contributed by atoms with Crippen molar-refractivity contribution in [3.05, 3.63) is 63.2 Å². The molecular formula is C24H32F2N3O10P. The average Bonchev–Trinajstić information content (AvgIpc) is 3.12. The number of hydrogen-bond acceptors (Lipinski definition) is 10. The number of halogens is 2. The Bertz CT molecular complexity index is 1370. The number of aromatic nitrogens is 2. The molecule has 1 fully saturated rings. The highest BCUT2D eigenvalue weighted by molar-refractivity contribution is 7.52. The van der Waals surface area contributed by atoms with Crippen molar-refractivity contribution in [3.63, 3.8) is 0 Å². The summed E-state index contributed by atoms with van der Waals surface area (Å²) in [4.78, 5) is 37.9. The molecular weight excluding hydrogens is 559 g/mol. The van der Waals surface area contributed by atoms with Crippen molar-refractivity contribution in [3.8, 4) is 5.75 Å². The number of aromatic amines is 1. The molecule has 2 heterocycles. The summed E-state index contributed by atoms with van der Waals surface area (Å²) in [6.07, 6.45) is -5.98. The normalized spacial score (nSPS) is 25.4. The van der Waals surface area contributed by atoms with Crippen LogP contribution in [-0.2, 0) is 23.4 Å². The van der Waals surface area contributed by atoms with Gasteiger partial charge < -0.3 is 24.2 Å². The van der Waals surface area contributed by atoms with Crippen LogP contribution in [0.3, 0.4) is 0 Å². The summed E-state index contributed by atoms with van der Waals surface area (Å²) >= 11 is 0. The summed E-state index contributed by atoms with van der Waals surface area (Å²) in [6, 6.07) is 6.52. The number of aliphatic hydroxyl groups is 2. The third-order valence-corrected chi connectivity index (χ3v) is 7.83. The topological polar surface area (TPSA) is 178 Å². The smallest absolute Gasteiger partial charge is 0.460 e. The van der Waals surface area contributed by atoms with E-state index >= 15 is 0 Å². The van der Waals surface area contributed by atoms with Crippen LogP contribution >= 0.6 is 7.75 Å². The molecule has 2 aromatic rings. The highest BCUT2D eigenvalue weighted by Crippen LogP contribution is 2.52. The first kappa shape index (κ1) is 31.6. The highest BCUT2D eigenvalue weighted by atomic mass is 31.2. The van der Waals surface area contributed by atoms with Crippen molar-refractivity contribution < 1.29 is 46.9 Å². The van der Waals surface area contributed by atoms with Crippen molar-refractivity contribution in [2.45, 2.75) is 76.4 Å². The van der Waals surface area contributed by atoms with E-state index < -0.39 is 79.2 Å². The first-order valence-corrected chi connectivity index (χ1v) is 13.7. The van der Waals surface area contributed by atoms with Gasteiger partial charge in [0.1, 0.15) is 36.3 Å². The van der Waals surface area contributed by atoms with E-state index in [-0.39, 0.29) is 5.75 Å². The molecule has 4 N–H and O–H groups in total. The summed E-state index contributed by atoms with van der Waals surface area (Å²) in [7, 11) is -4.55. The molecule has 1 saturated heterocycles. The lowest BCUT2D eigenvalue weighted by atomic mass is 9.88. The minimum absolute atomic E-state index is 0.0693. The number of nitrogens with zero attached hydrogens (tertiary/aromatic N) is 1. The van der Waals surface area contributed by atoms with E-state index in [1.807, 2.05) is 0 Å². The number of alkyl halides is 1. The van der Waals surface area contributed by atoms with Crippen LogP contribution in [0.15, 0.2) is 46.1 Å². The van der Waals surface area contributed by atoms with E-state index in [4.69, 9.17) is 18.5 Å². The van der Waals surface area contributed by atoms with Gasteiger partial charge in [0.25, 0.3) is 5.56 Å². The van der Waals surface area contributed by atoms with Crippen LogP contribution in [0.25, 0.3) is 0 Å². The second-order valence-electron chi connectivity index (χ2n) is 10.1.